The predicted molar refractivity (Wildman–Crippen MR) is 86.5 cm³/mol. The second kappa shape index (κ2) is 8.60. The highest BCUT2D eigenvalue weighted by atomic mass is 16.5. The number of carbonyl (C=O) groups excluding carboxylic acids is 2. The molecule has 0 aliphatic carbocycles. The number of rotatable bonds is 8. The number of hydrogen-bond acceptors (Lipinski definition) is 5. The summed E-state index contributed by atoms with van der Waals surface area (Å²) < 4.78 is 9.89. The molecule has 1 heterocycles. The van der Waals surface area contributed by atoms with Crippen LogP contribution in [0.1, 0.15) is 10.6 Å². The molecule has 0 bridgehead atoms. The molecular formula is C16H19N3O4. The molecule has 3 N–H and O–H groups in total. The van der Waals surface area contributed by atoms with Gasteiger partial charge in [-0.15, -0.1) is 0 Å². The van der Waals surface area contributed by atoms with Crippen molar-refractivity contribution in [2.75, 3.05) is 37.4 Å². The fourth-order valence-corrected chi connectivity index (χ4v) is 1.84. The molecule has 23 heavy (non-hydrogen) atoms. The average Bonchev–Trinajstić information content (AvgIpc) is 3.08. The third-order valence-corrected chi connectivity index (χ3v) is 2.95. The lowest BCUT2D eigenvalue weighted by molar-refractivity contribution is -0.119. The van der Waals surface area contributed by atoms with E-state index in [0.29, 0.717) is 18.8 Å². The lowest BCUT2D eigenvalue weighted by atomic mass is 10.2. The Labute approximate surface area is 134 Å². The smallest absolute Gasteiger partial charge is 0.291 e. The van der Waals surface area contributed by atoms with Crippen LogP contribution in [0.4, 0.5) is 11.4 Å². The second-order valence-electron chi connectivity index (χ2n) is 4.71. The van der Waals surface area contributed by atoms with Crippen molar-refractivity contribution in [1.82, 2.24) is 5.32 Å². The quantitative estimate of drug-likeness (QED) is 0.645. The van der Waals surface area contributed by atoms with E-state index in [0.717, 1.165) is 5.69 Å². The fourth-order valence-electron chi connectivity index (χ4n) is 1.84. The zero-order valence-corrected chi connectivity index (χ0v) is 12.8. The van der Waals surface area contributed by atoms with Crippen LogP contribution in [0.5, 0.6) is 0 Å². The number of carbonyl (C=O) groups is 2. The largest absolute Gasteiger partial charge is 0.459 e. The van der Waals surface area contributed by atoms with E-state index in [1.807, 2.05) is 6.07 Å². The highest BCUT2D eigenvalue weighted by Crippen LogP contribution is 2.16. The van der Waals surface area contributed by atoms with Gasteiger partial charge in [-0.25, -0.2) is 0 Å². The summed E-state index contributed by atoms with van der Waals surface area (Å²) >= 11 is 0. The summed E-state index contributed by atoms with van der Waals surface area (Å²) in [5.74, 6) is -0.225. The summed E-state index contributed by atoms with van der Waals surface area (Å²) in [6.45, 7) is 1.08. The molecule has 122 valence electrons. The van der Waals surface area contributed by atoms with Crippen molar-refractivity contribution in [3.63, 3.8) is 0 Å². The molecule has 0 atom stereocenters. The van der Waals surface area contributed by atoms with Gasteiger partial charge in [0.2, 0.25) is 5.91 Å². The number of ether oxygens (including phenoxy) is 1. The Morgan fingerprint density at radius 1 is 1.17 bits per heavy atom. The Morgan fingerprint density at radius 2 is 2.00 bits per heavy atom. The predicted octanol–water partition coefficient (Wildman–Crippen LogP) is 1.71. The van der Waals surface area contributed by atoms with Crippen LogP contribution in [-0.2, 0) is 9.53 Å². The van der Waals surface area contributed by atoms with E-state index in [-0.39, 0.29) is 24.1 Å². The number of nitrogens with one attached hydrogen (secondary N) is 3. The molecule has 1 aromatic carbocycles. The highest BCUT2D eigenvalue weighted by Gasteiger charge is 2.09. The van der Waals surface area contributed by atoms with Gasteiger partial charge in [0.05, 0.1) is 19.4 Å². The van der Waals surface area contributed by atoms with Crippen molar-refractivity contribution >= 4 is 23.2 Å². The van der Waals surface area contributed by atoms with E-state index in [1.165, 1.54) is 6.26 Å². The van der Waals surface area contributed by atoms with Gasteiger partial charge >= 0.3 is 0 Å². The Morgan fingerprint density at radius 3 is 2.74 bits per heavy atom. The fraction of sp³-hybridized carbons (Fsp3) is 0.250. The SMILES string of the molecule is COCCNC(=O)CNc1cccc(NC(=O)c2ccco2)c1. The summed E-state index contributed by atoms with van der Waals surface area (Å²) in [6.07, 6.45) is 1.44. The Balaban J connectivity index is 1.85. The number of methoxy groups -OCH3 is 1. The van der Waals surface area contributed by atoms with Crippen LogP contribution in [0.25, 0.3) is 0 Å². The number of anilines is 2. The number of hydrogen-bond donors (Lipinski definition) is 3. The summed E-state index contributed by atoms with van der Waals surface area (Å²) in [4.78, 5) is 23.5. The molecule has 2 aromatic rings. The minimum absolute atomic E-state index is 0.132. The van der Waals surface area contributed by atoms with Crippen LogP contribution in [0.2, 0.25) is 0 Å². The minimum Gasteiger partial charge on any atom is -0.459 e. The minimum atomic E-state index is -0.329. The highest BCUT2D eigenvalue weighted by molar-refractivity contribution is 6.02. The summed E-state index contributed by atoms with van der Waals surface area (Å²) in [6, 6.07) is 10.3. The Hall–Kier alpha value is -2.80. The molecule has 0 saturated carbocycles. The van der Waals surface area contributed by atoms with Gasteiger partial charge in [0.15, 0.2) is 5.76 Å². The van der Waals surface area contributed by atoms with Crippen molar-refractivity contribution in [2.45, 2.75) is 0 Å². The zero-order chi connectivity index (χ0) is 16.5. The van der Waals surface area contributed by atoms with Gasteiger partial charge in [0.25, 0.3) is 5.91 Å². The molecule has 0 aliphatic heterocycles. The molecule has 7 nitrogen and oxygen atoms in total. The standard InChI is InChI=1S/C16H19N3O4/c1-22-9-7-17-15(20)11-18-12-4-2-5-13(10-12)19-16(21)14-6-3-8-23-14/h2-6,8,10,18H,7,9,11H2,1H3,(H,17,20)(H,19,21). The van der Waals surface area contributed by atoms with Gasteiger partial charge in [0.1, 0.15) is 0 Å². The van der Waals surface area contributed by atoms with Crippen LogP contribution in [0, 0.1) is 0 Å². The number of amides is 2. The van der Waals surface area contributed by atoms with Crippen LogP contribution in [-0.4, -0.2) is 38.6 Å². The van der Waals surface area contributed by atoms with Crippen LogP contribution < -0.4 is 16.0 Å². The van der Waals surface area contributed by atoms with E-state index in [2.05, 4.69) is 16.0 Å². The van der Waals surface area contributed by atoms with Gasteiger partial charge in [-0.3, -0.25) is 9.59 Å². The van der Waals surface area contributed by atoms with E-state index < -0.39 is 0 Å². The topological polar surface area (TPSA) is 92.6 Å². The van der Waals surface area contributed by atoms with Crippen LogP contribution in [0.15, 0.2) is 47.1 Å². The van der Waals surface area contributed by atoms with E-state index in [1.54, 1.807) is 37.4 Å². The first-order chi connectivity index (χ1) is 11.2. The maximum Gasteiger partial charge on any atom is 0.291 e. The first-order valence-electron chi connectivity index (χ1n) is 7.13. The zero-order valence-electron chi connectivity index (χ0n) is 12.8. The van der Waals surface area contributed by atoms with Crippen molar-refractivity contribution in [1.29, 1.82) is 0 Å². The van der Waals surface area contributed by atoms with Gasteiger partial charge < -0.3 is 25.1 Å². The van der Waals surface area contributed by atoms with Crippen molar-refractivity contribution < 1.29 is 18.7 Å². The van der Waals surface area contributed by atoms with Gasteiger partial charge in [-0.05, 0) is 30.3 Å². The normalized spacial score (nSPS) is 10.1. The van der Waals surface area contributed by atoms with Gasteiger partial charge in [-0.1, -0.05) is 6.07 Å². The molecule has 0 unspecified atom stereocenters. The lowest BCUT2D eigenvalue weighted by Crippen LogP contribution is -2.32. The molecule has 2 amide bonds. The molecule has 0 aliphatic rings. The van der Waals surface area contributed by atoms with Crippen molar-refractivity contribution in [2.24, 2.45) is 0 Å². The first kappa shape index (κ1) is 16.6. The monoisotopic (exact) mass is 317 g/mol. The van der Waals surface area contributed by atoms with E-state index >= 15 is 0 Å². The van der Waals surface area contributed by atoms with Gasteiger partial charge in [0, 0.05) is 25.0 Å². The summed E-state index contributed by atoms with van der Waals surface area (Å²) in [7, 11) is 1.58. The first-order valence-corrected chi connectivity index (χ1v) is 7.13. The summed E-state index contributed by atoms with van der Waals surface area (Å²) in [5.41, 5.74) is 1.33. The maximum atomic E-state index is 11.9. The molecule has 2 rings (SSSR count). The van der Waals surface area contributed by atoms with Crippen molar-refractivity contribution in [3.8, 4) is 0 Å². The van der Waals surface area contributed by atoms with Crippen LogP contribution in [0.3, 0.4) is 0 Å². The van der Waals surface area contributed by atoms with Gasteiger partial charge in [-0.2, -0.15) is 0 Å². The molecule has 0 radical (unpaired) electrons. The van der Waals surface area contributed by atoms with Crippen LogP contribution >= 0.6 is 0 Å². The van der Waals surface area contributed by atoms with E-state index in [9.17, 15) is 9.59 Å². The molecular weight excluding hydrogens is 298 g/mol. The third-order valence-electron chi connectivity index (χ3n) is 2.95. The lowest BCUT2D eigenvalue weighted by Gasteiger charge is -2.09. The Bertz CT molecular complexity index is 641. The third kappa shape index (κ3) is 5.48. The number of furan rings is 1. The second-order valence-corrected chi connectivity index (χ2v) is 4.71. The molecule has 0 fully saturated rings. The maximum absolute atomic E-state index is 11.9. The average molecular weight is 317 g/mol. The molecule has 1 aromatic heterocycles. The van der Waals surface area contributed by atoms with E-state index in [4.69, 9.17) is 9.15 Å². The molecule has 0 saturated heterocycles. The molecule has 7 heteroatoms. The Kier molecular flexibility index (Phi) is 6.19. The van der Waals surface area contributed by atoms with Crippen molar-refractivity contribution in [3.05, 3.63) is 48.4 Å². The number of benzene rings is 1. The molecule has 0 spiro atoms. The summed E-state index contributed by atoms with van der Waals surface area (Å²) in [5, 5.41) is 8.43.